The van der Waals surface area contributed by atoms with E-state index in [1.807, 2.05) is 41.4 Å². The van der Waals surface area contributed by atoms with Gasteiger partial charge in [0, 0.05) is 53.5 Å². The van der Waals surface area contributed by atoms with Crippen LogP contribution in [-0.4, -0.2) is 44.1 Å². The molecule has 1 aliphatic carbocycles. The number of rotatable bonds is 6. The van der Waals surface area contributed by atoms with Gasteiger partial charge in [0.05, 0.1) is 0 Å². The number of piperidine rings is 1. The molecule has 2 fully saturated rings. The molecule has 1 saturated heterocycles. The predicted molar refractivity (Wildman–Crippen MR) is 116 cm³/mol. The standard InChI is InChI=1S/C23H25N5OS/c29-23(19-5-7-20(8-6-19)30-15-16-2-1-11-24-14-16)28-12-9-18(10-13-28)22-25-21(26-27-22)17-3-4-17/h1-2,5-8,11,14,17-18H,3-4,9-10,12-13,15H2,(H,25,26,27). The zero-order valence-electron chi connectivity index (χ0n) is 16.8. The highest BCUT2D eigenvalue weighted by Crippen LogP contribution is 2.38. The summed E-state index contributed by atoms with van der Waals surface area (Å²) in [5.74, 6) is 3.92. The molecule has 0 atom stereocenters. The molecule has 30 heavy (non-hydrogen) atoms. The van der Waals surface area contributed by atoms with Crippen LogP contribution in [0.5, 0.6) is 0 Å². The summed E-state index contributed by atoms with van der Waals surface area (Å²) in [5.41, 5.74) is 1.95. The maximum absolute atomic E-state index is 12.9. The summed E-state index contributed by atoms with van der Waals surface area (Å²) < 4.78 is 0. The van der Waals surface area contributed by atoms with E-state index in [9.17, 15) is 4.79 Å². The maximum atomic E-state index is 12.9. The van der Waals surface area contributed by atoms with E-state index in [1.165, 1.54) is 18.4 Å². The van der Waals surface area contributed by atoms with Gasteiger partial charge in [-0.3, -0.25) is 14.9 Å². The highest BCUT2D eigenvalue weighted by Gasteiger charge is 2.30. The molecule has 3 aromatic rings. The van der Waals surface area contributed by atoms with E-state index in [-0.39, 0.29) is 5.91 Å². The van der Waals surface area contributed by atoms with E-state index in [0.717, 1.165) is 53.8 Å². The number of aromatic amines is 1. The lowest BCUT2D eigenvalue weighted by molar-refractivity contribution is 0.0711. The Morgan fingerprint density at radius 2 is 1.87 bits per heavy atom. The summed E-state index contributed by atoms with van der Waals surface area (Å²) in [6.45, 7) is 1.53. The van der Waals surface area contributed by atoms with Crippen LogP contribution in [0.1, 0.15) is 65.1 Å². The molecule has 3 heterocycles. The average Bonchev–Trinajstić information content (AvgIpc) is 3.55. The fourth-order valence-corrected chi connectivity index (χ4v) is 4.71. The quantitative estimate of drug-likeness (QED) is 0.600. The molecule has 0 bridgehead atoms. The number of hydrogen-bond donors (Lipinski definition) is 1. The van der Waals surface area contributed by atoms with Crippen molar-refractivity contribution in [1.29, 1.82) is 0 Å². The zero-order valence-corrected chi connectivity index (χ0v) is 17.6. The lowest BCUT2D eigenvalue weighted by Crippen LogP contribution is -2.38. The first-order valence-corrected chi connectivity index (χ1v) is 11.6. The third-order valence-corrected chi connectivity index (χ3v) is 6.94. The fraction of sp³-hybridized carbons (Fsp3) is 0.391. The van der Waals surface area contributed by atoms with Crippen LogP contribution in [-0.2, 0) is 5.75 Å². The Balaban J connectivity index is 1.14. The van der Waals surface area contributed by atoms with Crippen LogP contribution in [0.25, 0.3) is 0 Å². The number of pyridine rings is 1. The molecule has 1 amide bonds. The predicted octanol–water partition coefficient (Wildman–Crippen LogP) is 4.39. The van der Waals surface area contributed by atoms with Gasteiger partial charge >= 0.3 is 0 Å². The molecule has 0 radical (unpaired) electrons. The Kier molecular flexibility index (Phi) is 5.53. The first kappa shape index (κ1) is 19.3. The molecule has 154 valence electrons. The molecular weight excluding hydrogens is 394 g/mol. The van der Waals surface area contributed by atoms with Crippen LogP contribution < -0.4 is 0 Å². The van der Waals surface area contributed by atoms with Crippen molar-refractivity contribution in [3.05, 3.63) is 71.6 Å². The number of likely N-dealkylation sites (tertiary alicyclic amines) is 1. The van der Waals surface area contributed by atoms with E-state index in [2.05, 4.69) is 21.2 Å². The number of thioether (sulfide) groups is 1. The van der Waals surface area contributed by atoms with E-state index in [0.29, 0.717) is 11.8 Å². The van der Waals surface area contributed by atoms with Gasteiger partial charge in [0.2, 0.25) is 0 Å². The van der Waals surface area contributed by atoms with Gasteiger partial charge in [0.15, 0.2) is 5.82 Å². The number of nitrogens with one attached hydrogen (secondary N) is 1. The Morgan fingerprint density at radius 1 is 1.07 bits per heavy atom. The first-order valence-electron chi connectivity index (χ1n) is 10.6. The number of nitrogens with zero attached hydrogens (tertiary/aromatic N) is 4. The van der Waals surface area contributed by atoms with Crippen molar-refractivity contribution in [2.24, 2.45) is 0 Å². The Bertz CT molecular complexity index is 992. The van der Waals surface area contributed by atoms with Gasteiger partial charge in [-0.25, -0.2) is 4.98 Å². The van der Waals surface area contributed by atoms with Crippen LogP contribution in [0, 0.1) is 0 Å². The third kappa shape index (κ3) is 4.41. The minimum atomic E-state index is 0.119. The van der Waals surface area contributed by atoms with Crippen LogP contribution >= 0.6 is 11.8 Å². The number of H-pyrrole nitrogens is 1. The number of aromatic nitrogens is 4. The molecule has 0 unspecified atom stereocenters. The smallest absolute Gasteiger partial charge is 0.253 e. The second kappa shape index (κ2) is 8.60. The average molecular weight is 420 g/mol. The second-order valence-electron chi connectivity index (χ2n) is 8.09. The summed E-state index contributed by atoms with van der Waals surface area (Å²) in [4.78, 5) is 24.9. The Hall–Kier alpha value is -2.67. The minimum absolute atomic E-state index is 0.119. The molecule has 7 heteroatoms. The molecule has 0 spiro atoms. The van der Waals surface area contributed by atoms with Crippen molar-refractivity contribution < 1.29 is 4.79 Å². The number of hydrogen-bond acceptors (Lipinski definition) is 5. The molecule has 2 aromatic heterocycles. The lowest BCUT2D eigenvalue weighted by Gasteiger charge is -2.31. The Labute approximate surface area is 180 Å². The normalized spacial score (nSPS) is 17.3. The van der Waals surface area contributed by atoms with Gasteiger partial charge in [0.25, 0.3) is 5.91 Å². The van der Waals surface area contributed by atoms with Crippen molar-refractivity contribution in [2.45, 2.75) is 48.2 Å². The topological polar surface area (TPSA) is 74.8 Å². The summed E-state index contributed by atoms with van der Waals surface area (Å²) >= 11 is 1.75. The number of benzene rings is 1. The van der Waals surface area contributed by atoms with Crippen LogP contribution in [0.3, 0.4) is 0 Å². The van der Waals surface area contributed by atoms with Gasteiger partial charge in [0.1, 0.15) is 5.82 Å². The summed E-state index contributed by atoms with van der Waals surface area (Å²) in [5, 5.41) is 7.51. The Morgan fingerprint density at radius 3 is 2.57 bits per heavy atom. The van der Waals surface area contributed by atoms with Crippen LogP contribution in [0.4, 0.5) is 0 Å². The first-order chi connectivity index (χ1) is 14.8. The zero-order chi connectivity index (χ0) is 20.3. The maximum Gasteiger partial charge on any atom is 0.253 e. The van der Waals surface area contributed by atoms with E-state index in [4.69, 9.17) is 4.98 Å². The van der Waals surface area contributed by atoms with Gasteiger partial charge in [-0.2, -0.15) is 5.10 Å². The number of carbonyl (C=O) groups is 1. The van der Waals surface area contributed by atoms with E-state index >= 15 is 0 Å². The molecule has 2 aliphatic rings. The summed E-state index contributed by atoms with van der Waals surface area (Å²) in [6.07, 6.45) is 7.97. The monoisotopic (exact) mass is 419 g/mol. The summed E-state index contributed by atoms with van der Waals surface area (Å²) in [7, 11) is 0. The van der Waals surface area contributed by atoms with Crippen molar-refractivity contribution in [3.63, 3.8) is 0 Å². The molecule has 6 nitrogen and oxygen atoms in total. The van der Waals surface area contributed by atoms with Gasteiger partial charge in [-0.1, -0.05) is 6.07 Å². The lowest BCUT2D eigenvalue weighted by atomic mass is 9.95. The molecule has 1 saturated carbocycles. The number of carbonyl (C=O) groups excluding carboxylic acids is 1. The summed E-state index contributed by atoms with van der Waals surface area (Å²) in [6, 6.07) is 12.0. The van der Waals surface area contributed by atoms with Crippen molar-refractivity contribution in [3.8, 4) is 0 Å². The van der Waals surface area contributed by atoms with Crippen molar-refractivity contribution in [2.75, 3.05) is 13.1 Å². The third-order valence-electron chi connectivity index (χ3n) is 5.86. The molecule has 1 aromatic carbocycles. The fourth-order valence-electron chi connectivity index (χ4n) is 3.88. The molecule has 1 N–H and O–H groups in total. The molecular formula is C23H25N5OS. The van der Waals surface area contributed by atoms with Gasteiger partial charge in [-0.05, 0) is 61.6 Å². The van der Waals surface area contributed by atoms with E-state index in [1.54, 1.807) is 18.0 Å². The van der Waals surface area contributed by atoms with Gasteiger partial charge in [-0.15, -0.1) is 11.8 Å². The van der Waals surface area contributed by atoms with E-state index < -0.39 is 0 Å². The molecule has 1 aliphatic heterocycles. The highest BCUT2D eigenvalue weighted by atomic mass is 32.2. The van der Waals surface area contributed by atoms with Crippen LogP contribution in [0.15, 0.2) is 53.7 Å². The SMILES string of the molecule is O=C(c1ccc(SCc2cccnc2)cc1)N1CCC(c2nc(C3CC3)n[nH]2)CC1. The van der Waals surface area contributed by atoms with Crippen molar-refractivity contribution in [1.82, 2.24) is 25.1 Å². The molecule has 5 rings (SSSR count). The van der Waals surface area contributed by atoms with Gasteiger partial charge < -0.3 is 4.90 Å². The number of amides is 1. The largest absolute Gasteiger partial charge is 0.339 e. The highest BCUT2D eigenvalue weighted by molar-refractivity contribution is 7.98. The van der Waals surface area contributed by atoms with Crippen molar-refractivity contribution >= 4 is 17.7 Å². The minimum Gasteiger partial charge on any atom is -0.339 e. The van der Waals surface area contributed by atoms with Crippen LogP contribution in [0.2, 0.25) is 0 Å². The second-order valence-corrected chi connectivity index (χ2v) is 9.14.